The van der Waals surface area contributed by atoms with Crippen molar-refractivity contribution in [2.24, 2.45) is 0 Å². The van der Waals surface area contributed by atoms with Crippen LogP contribution in [0, 0.1) is 11.3 Å². The number of rotatable bonds is 27. The van der Waals surface area contributed by atoms with Crippen molar-refractivity contribution in [3.63, 3.8) is 0 Å². The van der Waals surface area contributed by atoms with E-state index >= 15 is 0 Å². The van der Waals surface area contributed by atoms with Crippen molar-refractivity contribution in [3.8, 4) is 6.07 Å². The van der Waals surface area contributed by atoms with E-state index in [2.05, 4.69) is 91.4 Å². The van der Waals surface area contributed by atoms with Gasteiger partial charge < -0.3 is 24.6 Å². The van der Waals surface area contributed by atoms with Gasteiger partial charge in [-0.25, -0.2) is 0 Å². The molecule has 7 heteroatoms. The second-order valence-corrected chi connectivity index (χ2v) is 14.3. The molecule has 288 valence electrons. The molecule has 1 aliphatic rings. The lowest BCUT2D eigenvalue weighted by atomic mass is 9.70. The minimum Gasteiger partial charge on any atom is -0.466 e. The second kappa shape index (κ2) is 24.8. The van der Waals surface area contributed by atoms with Crippen LogP contribution in [0.15, 0.2) is 84.2 Å². The molecule has 0 spiro atoms. The molecule has 1 heterocycles. The molecule has 2 aromatic rings. The van der Waals surface area contributed by atoms with Crippen LogP contribution in [0.25, 0.3) is 0 Å². The quantitative estimate of drug-likeness (QED) is 0.0323. The molecule has 2 aromatic carbocycles. The highest BCUT2D eigenvalue weighted by atomic mass is 16.5. The number of fused-ring (bicyclic) bond motifs is 1. The fourth-order valence-corrected chi connectivity index (χ4v) is 7.34. The lowest BCUT2D eigenvalue weighted by molar-refractivity contribution is -0.145. The molecule has 0 bridgehead atoms. The Kier molecular flexibility index (Phi) is 20.2. The number of nitrogens with one attached hydrogen (secondary N) is 1. The lowest BCUT2D eigenvalue weighted by Gasteiger charge is -2.35. The Morgan fingerprint density at radius 2 is 1.45 bits per heavy atom. The van der Waals surface area contributed by atoms with Crippen LogP contribution in [0.4, 0.5) is 17.1 Å². The molecule has 1 aliphatic heterocycles. The number of allylic oxidation sites excluding steroid dienone is 5. The van der Waals surface area contributed by atoms with E-state index in [1.165, 1.54) is 49.9 Å². The molecular weight excluding hydrogens is 657 g/mol. The third-order valence-electron chi connectivity index (χ3n) is 10.1. The maximum Gasteiger partial charge on any atom is 0.306 e. The summed E-state index contributed by atoms with van der Waals surface area (Å²) in [7, 11) is 0. The minimum atomic E-state index is -0.547. The van der Waals surface area contributed by atoms with Gasteiger partial charge in [-0.1, -0.05) is 122 Å². The van der Waals surface area contributed by atoms with Crippen LogP contribution in [0.2, 0.25) is 0 Å². The molecule has 0 aliphatic carbocycles. The Hall–Kier alpha value is -4.31. The summed E-state index contributed by atoms with van der Waals surface area (Å²) in [6, 6.07) is 19.1. The van der Waals surface area contributed by atoms with Gasteiger partial charge in [0, 0.05) is 37.2 Å². The molecule has 0 aromatic heterocycles. The number of esters is 1. The largest absolute Gasteiger partial charge is 0.466 e. The van der Waals surface area contributed by atoms with Crippen LogP contribution in [0.1, 0.15) is 136 Å². The third-order valence-corrected chi connectivity index (χ3v) is 10.1. The number of para-hydroxylation sites is 3. The molecule has 0 amide bonds. The molecule has 0 radical (unpaired) electrons. The predicted octanol–water partition coefficient (Wildman–Crippen LogP) is 11.6. The van der Waals surface area contributed by atoms with Crippen LogP contribution in [-0.2, 0) is 19.7 Å². The van der Waals surface area contributed by atoms with E-state index in [4.69, 9.17) is 4.74 Å². The summed E-state index contributed by atoms with van der Waals surface area (Å²) in [6.07, 6.45) is 24.4. The third kappa shape index (κ3) is 13.6. The summed E-state index contributed by atoms with van der Waals surface area (Å²) in [4.78, 5) is 29.5. The van der Waals surface area contributed by atoms with Crippen molar-refractivity contribution >= 4 is 29.3 Å². The molecule has 0 saturated carbocycles. The van der Waals surface area contributed by atoms with E-state index in [0.29, 0.717) is 31.6 Å². The van der Waals surface area contributed by atoms with E-state index in [1.54, 1.807) is 0 Å². The number of anilines is 3. The number of carbonyl (C=O) groups is 2. The Labute approximate surface area is 321 Å². The highest BCUT2D eigenvalue weighted by Gasteiger charge is 2.36. The standard InChI is InChI=1S/C46H66N4O3/c1-5-9-11-12-13-14-15-20-30-46(37-45(52)53-36-10-6-2,40-24-16-17-25-41(40)48-32-22-35-51)31-21-23-39(38-47)28-29-44-49(33-7-3)42-26-18-19-27-43(42)50(44)34-8-4/h16-19,21,23-29,35,48H,5-15,20,22,30-34,36-37H2,1-4H3/b23-21+,39-28-. The number of carbonyl (C=O) groups excluding carboxylic acids is 2. The number of nitriles is 1. The van der Waals surface area contributed by atoms with Gasteiger partial charge in [-0.2, -0.15) is 5.26 Å². The monoisotopic (exact) mass is 723 g/mol. The van der Waals surface area contributed by atoms with Gasteiger partial charge in [-0.15, -0.1) is 0 Å². The first kappa shape index (κ1) is 43.1. The van der Waals surface area contributed by atoms with Gasteiger partial charge in [-0.05, 0) is 74.1 Å². The van der Waals surface area contributed by atoms with Gasteiger partial charge in [0.2, 0.25) is 0 Å². The summed E-state index contributed by atoms with van der Waals surface area (Å²) in [6.45, 7) is 11.5. The topological polar surface area (TPSA) is 85.7 Å². The first-order valence-corrected chi connectivity index (χ1v) is 20.5. The average Bonchev–Trinajstić information content (AvgIpc) is 3.46. The van der Waals surface area contributed by atoms with Crippen molar-refractivity contribution in [3.05, 3.63) is 89.8 Å². The molecule has 0 saturated heterocycles. The summed E-state index contributed by atoms with van der Waals surface area (Å²) in [5.74, 6) is 0.896. The maximum absolute atomic E-state index is 13.6. The van der Waals surface area contributed by atoms with Gasteiger partial charge in [-0.3, -0.25) is 4.79 Å². The highest BCUT2D eigenvalue weighted by molar-refractivity contribution is 5.82. The zero-order valence-electron chi connectivity index (χ0n) is 33.2. The highest BCUT2D eigenvalue weighted by Crippen LogP contribution is 2.43. The normalized spacial score (nSPS) is 13.9. The molecule has 1 unspecified atom stereocenters. The van der Waals surface area contributed by atoms with E-state index in [0.717, 1.165) is 81.4 Å². The first-order valence-electron chi connectivity index (χ1n) is 20.5. The summed E-state index contributed by atoms with van der Waals surface area (Å²) in [5, 5.41) is 13.8. The van der Waals surface area contributed by atoms with Crippen LogP contribution in [-0.4, -0.2) is 38.5 Å². The average molecular weight is 723 g/mol. The van der Waals surface area contributed by atoms with Gasteiger partial charge in [0.05, 0.1) is 36.0 Å². The molecule has 7 nitrogen and oxygen atoms in total. The maximum atomic E-state index is 13.6. The minimum absolute atomic E-state index is 0.192. The number of hydrogen-bond donors (Lipinski definition) is 1. The van der Waals surface area contributed by atoms with Crippen molar-refractivity contribution < 1.29 is 14.3 Å². The molecule has 1 N–H and O–H groups in total. The Morgan fingerprint density at radius 1 is 0.830 bits per heavy atom. The zero-order valence-corrected chi connectivity index (χ0v) is 33.2. The number of aldehydes is 1. The molecule has 1 atom stereocenters. The van der Waals surface area contributed by atoms with Crippen molar-refractivity contribution in [1.82, 2.24) is 0 Å². The van der Waals surface area contributed by atoms with Crippen LogP contribution in [0.3, 0.4) is 0 Å². The van der Waals surface area contributed by atoms with E-state index in [1.807, 2.05) is 30.4 Å². The Bertz CT molecular complexity index is 1490. The Morgan fingerprint density at radius 3 is 2.08 bits per heavy atom. The van der Waals surface area contributed by atoms with Crippen LogP contribution >= 0.6 is 0 Å². The van der Waals surface area contributed by atoms with Gasteiger partial charge >= 0.3 is 5.97 Å². The van der Waals surface area contributed by atoms with Gasteiger partial charge in [0.25, 0.3) is 0 Å². The smallest absolute Gasteiger partial charge is 0.306 e. The molecular formula is C46H66N4O3. The zero-order chi connectivity index (χ0) is 38.2. The molecule has 0 fully saturated rings. The number of benzene rings is 2. The van der Waals surface area contributed by atoms with E-state index in [9.17, 15) is 14.9 Å². The Balaban J connectivity index is 1.98. The number of hydrogen-bond acceptors (Lipinski definition) is 7. The van der Waals surface area contributed by atoms with Crippen molar-refractivity contribution in [1.29, 1.82) is 5.26 Å². The van der Waals surface area contributed by atoms with Crippen molar-refractivity contribution in [2.75, 3.05) is 41.4 Å². The molecule has 3 rings (SSSR count). The predicted molar refractivity (Wildman–Crippen MR) is 222 cm³/mol. The number of ether oxygens (including phenoxy) is 1. The van der Waals surface area contributed by atoms with Crippen molar-refractivity contribution in [2.45, 2.75) is 136 Å². The number of unbranched alkanes of at least 4 members (excludes halogenated alkanes) is 8. The number of nitrogens with zero attached hydrogens (tertiary/aromatic N) is 3. The van der Waals surface area contributed by atoms with Gasteiger partial charge in [0.15, 0.2) is 0 Å². The van der Waals surface area contributed by atoms with Crippen LogP contribution < -0.4 is 15.1 Å². The first-order chi connectivity index (χ1) is 26.0. The SMILES string of the molecule is CCCCCCCCCCC(C/C=C/C(C#N)=C/C=C1N(CCC)c2ccccc2N1CCC)(CC(=O)OCCCC)c1ccccc1NCCC=O. The van der Waals surface area contributed by atoms with Crippen LogP contribution in [0.5, 0.6) is 0 Å². The fraction of sp³-hybridized carbons (Fsp3) is 0.543. The second-order valence-electron chi connectivity index (χ2n) is 14.3. The van der Waals surface area contributed by atoms with Gasteiger partial charge in [0.1, 0.15) is 12.1 Å². The fourth-order valence-electron chi connectivity index (χ4n) is 7.34. The van der Waals surface area contributed by atoms with E-state index in [-0.39, 0.29) is 12.4 Å². The van der Waals surface area contributed by atoms with E-state index < -0.39 is 5.41 Å². The summed E-state index contributed by atoms with van der Waals surface area (Å²) >= 11 is 0. The summed E-state index contributed by atoms with van der Waals surface area (Å²) < 4.78 is 5.80. The summed E-state index contributed by atoms with van der Waals surface area (Å²) in [5.41, 5.74) is 4.42. The lowest BCUT2D eigenvalue weighted by Crippen LogP contribution is -2.31. The molecule has 53 heavy (non-hydrogen) atoms.